The van der Waals surface area contributed by atoms with Crippen molar-refractivity contribution in [2.24, 2.45) is 0 Å². The highest BCUT2D eigenvalue weighted by Gasteiger charge is 2.30. The van der Waals surface area contributed by atoms with E-state index in [2.05, 4.69) is 0 Å². The largest absolute Gasteiger partial charge is 0.478 e. The molecule has 4 rings (SSSR count). The van der Waals surface area contributed by atoms with E-state index in [9.17, 15) is 14.0 Å². The van der Waals surface area contributed by atoms with Crippen LogP contribution in [-0.2, 0) is 11.3 Å². The van der Waals surface area contributed by atoms with Crippen LogP contribution in [0.25, 0.3) is 6.08 Å². The van der Waals surface area contributed by atoms with Gasteiger partial charge >= 0.3 is 5.97 Å². The fraction of sp³-hybridized carbons (Fsp3) is 0.0435. The summed E-state index contributed by atoms with van der Waals surface area (Å²) in [5.74, 6) is -1.27. The minimum absolute atomic E-state index is 0.0567. The van der Waals surface area contributed by atoms with Crippen LogP contribution < -0.4 is 9.64 Å². The van der Waals surface area contributed by atoms with E-state index < -0.39 is 11.9 Å². The minimum Gasteiger partial charge on any atom is -0.478 e. The fourth-order valence-corrected chi connectivity index (χ4v) is 3.09. The lowest BCUT2D eigenvalue weighted by atomic mass is 10.1. The van der Waals surface area contributed by atoms with Crippen LogP contribution in [0, 0.1) is 5.82 Å². The third-order valence-electron chi connectivity index (χ3n) is 4.57. The number of rotatable bonds is 4. The average molecular weight is 389 g/mol. The van der Waals surface area contributed by atoms with Gasteiger partial charge in [0.1, 0.15) is 5.82 Å². The molecule has 0 spiro atoms. The molecule has 29 heavy (non-hydrogen) atoms. The van der Waals surface area contributed by atoms with Crippen LogP contribution in [-0.4, -0.2) is 17.0 Å². The van der Waals surface area contributed by atoms with E-state index >= 15 is 0 Å². The molecule has 0 aromatic heterocycles. The number of para-hydroxylation sites is 2. The standard InChI is InChI=1S/C23H16FNO4/c24-18-6-2-1-5-17(18)14-25-19-7-3-4-8-20(19)29-21(22(25)26)13-15-9-11-16(12-10-15)23(27)28/h1-13H,14H2,(H,27,28). The van der Waals surface area contributed by atoms with Gasteiger partial charge < -0.3 is 9.84 Å². The Balaban J connectivity index is 1.71. The van der Waals surface area contributed by atoms with Crippen molar-refractivity contribution in [2.75, 3.05) is 4.90 Å². The monoisotopic (exact) mass is 389 g/mol. The summed E-state index contributed by atoms with van der Waals surface area (Å²) in [4.78, 5) is 25.6. The summed E-state index contributed by atoms with van der Waals surface area (Å²) in [6, 6.07) is 19.4. The van der Waals surface area contributed by atoms with E-state index in [0.717, 1.165) is 0 Å². The number of carboxylic acids is 1. The highest BCUT2D eigenvalue weighted by Crippen LogP contribution is 2.36. The van der Waals surface area contributed by atoms with Crippen LogP contribution in [0.5, 0.6) is 5.75 Å². The van der Waals surface area contributed by atoms with E-state index in [0.29, 0.717) is 22.6 Å². The van der Waals surface area contributed by atoms with Gasteiger partial charge in [0.25, 0.3) is 5.91 Å². The molecule has 3 aromatic rings. The van der Waals surface area contributed by atoms with Crippen molar-refractivity contribution >= 4 is 23.6 Å². The molecular weight excluding hydrogens is 373 g/mol. The number of carbonyl (C=O) groups excluding carboxylic acids is 1. The van der Waals surface area contributed by atoms with Crippen molar-refractivity contribution in [3.63, 3.8) is 0 Å². The second-order valence-electron chi connectivity index (χ2n) is 6.49. The summed E-state index contributed by atoms with van der Waals surface area (Å²) < 4.78 is 19.9. The van der Waals surface area contributed by atoms with Crippen molar-refractivity contribution in [3.05, 3.63) is 101 Å². The van der Waals surface area contributed by atoms with Crippen LogP contribution in [0.3, 0.4) is 0 Å². The quantitative estimate of drug-likeness (QED) is 0.668. The summed E-state index contributed by atoms with van der Waals surface area (Å²) >= 11 is 0. The molecule has 0 aliphatic carbocycles. The number of aromatic carboxylic acids is 1. The molecule has 0 bridgehead atoms. The minimum atomic E-state index is -1.03. The molecule has 0 fully saturated rings. The van der Waals surface area contributed by atoms with Gasteiger partial charge in [0.15, 0.2) is 11.5 Å². The molecule has 0 saturated carbocycles. The topological polar surface area (TPSA) is 66.8 Å². The zero-order chi connectivity index (χ0) is 20.4. The lowest BCUT2D eigenvalue weighted by Crippen LogP contribution is -2.37. The van der Waals surface area contributed by atoms with E-state index in [-0.39, 0.29) is 23.7 Å². The van der Waals surface area contributed by atoms with Crippen LogP contribution >= 0.6 is 0 Å². The van der Waals surface area contributed by atoms with Crippen LogP contribution in [0.2, 0.25) is 0 Å². The average Bonchev–Trinajstić information content (AvgIpc) is 2.73. The zero-order valence-corrected chi connectivity index (χ0v) is 15.2. The number of carbonyl (C=O) groups is 2. The van der Waals surface area contributed by atoms with Gasteiger partial charge in [-0.1, -0.05) is 42.5 Å². The number of anilines is 1. The molecule has 0 atom stereocenters. The Bertz CT molecular complexity index is 1120. The van der Waals surface area contributed by atoms with E-state index in [1.54, 1.807) is 54.6 Å². The van der Waals surface area contributed by atoms with Crippen molar-refractivity contribution in [2.45, 2.75) is 6.54 Å². The van der Waals surface area contributed by atoms with Gasteiger partial charge in [-0.05, 0) is 42.0 Å². The zero-order valence-electron chi connectivity index (χ0n) is 15.2. The summed E-state index contributed by atoms with van der Waals surface area (Å²) in [6.45, 7) is 0.0567. The molecule has 1 aliphatic heterocycles. The van der Waals surface area contributed by atoms with Crippen molar-refractivity contribution in [3.8, 4) is 5.75 Å². The van der Waals surface area contributed by atoms with E-state index in [1.807, 2.05) is 0 Å². The number of fused-ring (bicyclic) bond motifs is 1. The number of ether oxygens (including phenoxy) is 1. The summed E-state index contributed by atoms with van der Waals surface area (Å²) in [5.41, 5.74) is 1.71. The third-order valence-corrected chi connectivity index (χ3v) is 4.57. The number of hydrogen-bond acceptors (Lipinski definition) is 3. The van der Waals surface area contributed by atoms with Gasteiger partial charge in [0.05, 0.1) is 17.8 Å². The highest BCUT2D eigenvalue weighted by molar-refractivity contribution is 6.09. The maximum Gasteiger partial charge on any atom is 0.335 e. The molecule has 1 N–H and O–H groups in total. The predicted octanol–water partition coefficient (Wildman–Crippen LogP) is 4.49. The van der Waals surface area contributed by atoms with Crippen molar-refractivity contribution < 1.29 is 23.8 Å². The van der Waals surface area contributed by atoms with Crippen LogP contribution in [0.1, 0.15) is 21.5 Å². The Morgan fingerprint density at radius 1 is 1.00 bits per heavy atom. The second kappa shape index (κ2) is 7.59. The lowest BCUT2D eigenvalue weighted by Gasteiger charge is -2.30. The number of nitrogens with zero attached hydrogens (tertiary/aromatic N) is 1. The normalized spacial score (nSPS) is 14.4. The first-order valence-electron chi connectivity index (χ1n) is 8.90. The van der Waals surface area contributed by atoms with Gasteiger partial charge in [-0.15, -0.1) is 0 Å². The molecular formula is C23H16FNO4. The first-order chi connectivity index (χ1) is 14.0. The predicted molar refractivity (Wildman–Crippen MR) is 106 cm³/mol. The number of halogens is 1. The Morgan fingerprint density at radius 3 is 2.41 bits per heavy atom. The van der Waals surface area contributed by atoms with Gasteiger partial charge in [-0.3, -0.25) is 9.69 Å². The highest BCUT2D eigenvalue weighted by atomic mass is 19.1. The van der Waals surface area contributed by atoms with E-state index in [1.165, 1.54) is 29.2 Å². The molecule has 1 heterocycles. The Labute approximate surface area is 166 Å². The molecule has 0 saturated heterocycles. The van der Waals surface area contributed by atoms with Crippen molar-refractivity contribution in [1.29, 1.82) is 0 Å². The SMILES string of the molecule is O=C(O)c1ccc(C=C2Oc3ccccc3N(Cc3ccccc3F)C2=O)cc1. The first-order valence-corrected chi connectivity index (χ1v) is 8.90. The molecule has 6 heteroatoms. The van der Waals surface area contributed by atoms with Crippen LogP contribution in [0.4, 0.5) is 10.1 Å². The molecule has 144 valence electrons. The number of carboxylic acid groups (broad SMARTS) is 1. The summed E-state index contributed by atoms with van der Waals surface area (Å²) in [7, 11) is 0. The number of benzene rings is 3. The summed E-state index contributed by atoms with van der Waals surface area (Å²) in [5, 5.41) is 9.01. The second-order valence-corrected chi connectivity index (χ2v) is 6.49. The Morgan fingerprint density at radius 2 is 1.69 bits per heavy atom. The maximum absolute atomic E-state index is 14.2. The van der Waals surface area contributed by atoms with Gasteiger partial charge in [-0.25, -0.2) is 9.18 Å². The molecule has 1 aliphatic rings. The fourth-order valence-electron chi connectivity index (χ4n) is 3.09. The molecule has 0 unspecified atom stereocenters. The van der Waals surface area contributed by atoms with E-state index in [4.69, 9.17) is 9.84 Å². The van der Waals surface area contributed by atoms with Crippen LogP contribution in [0.15, 0.2) is 78.6 Å². The molecule has 3 aromatic carbocycles. The van der Waals surface area contributed by atoms with Gasteiger partial charge in [0.2, 0.25) is 0 Å². The first kappa shape index (κ1) is 18.4. The maximum atomic E-state index is 14.2. The lowest BCUT2D eigenvalue weighted by molar-refractivity contribution is -0.117. The Hall–Kier alpha value is -3.93. The number of hydrogen-bond donors (Lipinski definition) is 1. The Kier molecular flexibility index (Phi) is 4.83. The van der Waals surface area contributed by atoms with Crippen molar-refractivity contribution in [1.82, 2.24) is 0 Å². The smallest absolute Gasteiger partial charge is 0.335 e. The molecule has 5 nitrogen and oxygen atoms in total. The number of amides is 1. The molecule has 0 radical (unpaired) electrons. The molecule has 1 amide bonds. The summed E-state index contributed by atoms with van der Waals surface area (Å²) in [6.07, 6.45) is 1.54. The van der Waals surface area contributed by atoms with Gasteiger partial charge in [0, 0.05) is 5.56 Å². The third kappa shape index (κ3) is 3.73. The van der Waals surface area contributed by atoms with Gasteiger partial charge in [-0.2, -0.15) is 0 Å².